The van der Waals surface area contributed by atoms with Crippen LogP contribution in [0.1, 0.15) is 56.1 Å². The number of carbonyl (C=O) groups is 1. The van der Waals surface area contributed by atoms with E-state index in [0.29, 0.717) is 0 Å². The third-order valence-electron chi connectivity index (χ3n) is 5.72. The summed E-state index contributed by atoms with van der Waals surface area (Å²) in [4.78, 5) is 13.1. The van der Waals surface area contributed by atoms with Gasteiger partial charge >= 0.3 is 0 Å². The van der Waals surface area contributed by atoms with Crippen molar-refractivity contribution >= 4 is 31.9 Å². The van der Waals surface area contributed by atoms with E-state index in [4.69, 9.17) is 0 Å². The van der Waals surface area contributed by atoms with Gasteiger partial charge < -0.3 is 5.32 Å². The van der Waals surface area contributed by atoms with Gasteiger partial charge in [-0.15, -0.1) is 0 Å². The van der Waals surface area contributed by atoms with E-state index in [1.807, 2.05) is 31.2 Å². The molecular formula is C24H31BrN2O3S. The van der Waals surface area contributed by atoms with Crippen molar-refractivity contribution < 1.29 is 13.2 Å². The Balaban J connectivity index is 1.78. The highest BCUT2D eigenvalue weighted by molar-refractivity contribution is 9.10. The molecule has 0 radical (unpaired) electrons. The maximum Gasteiger partial charge on any atom is 0.243 e. The number of nitrogens with one attached hydrogen (secondary N) is 1. The quantitative estimate of drug-likeness (QED) is 0.562. The van der Waals surface area contributed by atoms with Crippen molar-refractivity contribution in [3.63, 3.8) is 0 Å². The molecule has 1 aliphatic rings. The third kappa shape index (κ3) is 7.16. The largest absolute Gasteiger partial charge is 0.352 e. The van der Waals surface area contributed by atoms with Crippen LogP contribution in [0.15, 0.2) is 57.9 Å². The van der Waals surface area contributed by atoms with Crippen molar-refractivity contribution in [2.75, 3.05) is 6.54 Å². The second-order valence-corrected chi connectivity index (χ2v) is 11.2. The highest BCUT2D eigenvalue weighted by Crippen LogP contribution is 2.21. The Bertz CT molecular complexity index is 951. The molecule has 1 amide bonds. The average molecular weight is 507 g/mol. The summed E-state index contributed by atoms with van der Waals surface area (Å²) < 4.78 is 29.0. The normalized spacial score (nSPS) is 16.0. The second-order valence-electron chi connectivity index (χ2n) is 8.32. The minimum Gasteiger partial charge on any atom is -0.352 e. The van der Waals surface area contributed by atoms with Crippen LogP contribution in [-0.2, 0) is 21.4 Å². The molecule has 1 aliphatic carbocycles. The first-order valence-electron chi connectivity index (χ1n) is 11.0. The molecule has 1 fully saturated rings. The van der Waals surface area contributed by atoms with E-state index in [-0.39, 0.29) is 29.9 Å². The standard InChI is InChI=1S/C24H31BrN2O3S/c1-19-9-15-23(16-10-19)31(29,30)27(17-20-11-13-21(25)14-12-20)18-24(28)26-22-7-5-3-2-4-6-8-22/h9-16,22H,2-8,17-18H2,1H3,(H,26,28). The van der Waals surface area contributed by atoms with Gasteiger partial charge in [-0.05, 0) is 49.6 Å². The van der Waals surface area contributed by atoms with Gasteiger partial charge in [0.15, 0.2) is 0 Å². The lowest BCUT2D eigenvalue weighted by atomic mass is 9.97. The highest BCUT2D eigenvalue weighted by atomic mass is 79.9. The number of carbonyl (C=O) groups excluding carboxylic acids is 1. The van der Waals surface area contributed by atoms with Crippen LogP contribution in [0.25, 0.3) is 0 Å². The average Bonchev–Trinajstić information content (AvgIpc) is 2.71. The van der Waals surface area contributed by atoms with Gasteiger partial charge in [0, 0.05) is 17.1 Å². The van der Waals surface area contributed by atoms with Crippen LogP contribution in [0.3, 0.4) is 0 Å². The molecule has 168 valence electrons. The maximum atomic E-state index is 13.4. The zero-order chi connectivity index (χ0) is 22.3. The van der Waals surface area contributed by atoms with Gasteiger partial charge in [-0.3, -0.25) is 4.79 Å². The number of halogens is 1. The predicted octanol–water partition coefficient (Wildman–Crippen LogP) is 5.18. The molecule has 0 aromatic heterocycles. The van der Waals surface area contributed by atoms with Crippen molar-refractivity contribution in [3.8, 4) is 0 Å². The Labute approximate surface area is 194 Å². The van der Waals surface area contributed by atoms with Gasteiger partial charge in [-0.2, -0.15) is 4.31 Å². The summed E-state index contributed by atoms with van der Waals surface area (Å²) >= 11 is 3.41. The summed E-state index contributed by atoms with van der Waals surface area (Å²) in [6.45, 7) is 1.86. The molecule has 0 atom stereocenters. The van der Waals surface area contributed by atoms with Crippen LogP contribution >= 0.6 is 15.9 Å². The summed E-state index contributed by atoms with van der Waals surface area (Å²) in [5.74, 6) is -0.238. The summed E-state index contributed by atoms with van der Waals surface area (Å²) in [5, 5.41) is 3.09. The van der Waals surface area contributed by atoms with E-state index in [1.165, 1.54) is 23.6 Å². The van der Waals surface area contributed by atoms with Gasteiger partial charge in [0.1, 0.15) is 0 Å². The van der Waals surface area contributed by atoms with E-state index < -0.39 is 10.0 Å². The summed E-state index contributed by atoms with van der Waals surface area (Å²) in [7, 11) is -3.81. The number of benzene rings is 2. The Morgan fingerprint density at radius 2 is 1.55 bits per heavy atom. The summed E-state index contributed by atoms with van der Waals surface area (Å²) in [6, 6.07) is 14.4. The smallest absolute Gasteiger partial charge is 0.243 e. The molecule has 2 aromatic rings. The lowest BCUT2D eigenvalue weighted by Gasteiger charge is -2.25. The van der Waals surface area contributed by atoms with E-state index in [9.17, 15) is 13.2 Å². The van der Waals surface area contributed by atoms with Crippen molar-refractivity contribution in [2.45, 2.75) is 69.4 Å². The summed E-state index contributed by atoms with van der Waals surface area (Å²) in [5.41, 5.74) is 1.82. The number of rotatable bonds is 7. The van der Waals surface area contributed by atoms with Crippen LogP contribution in [0.2, 0.25) is 0 Å². The SMILES string of the molecule is Cc1ccc(S(=O)(=O)N(CC(=O)NC2CCCCCCC2)Cc2ccc(Br)cc2)cc1. The van der Waals surface area contributed by atoms with Crippen LogP contribution in [0.5, 0.6) is 0 Å². The molecule has 0 spiro atoms. The zero-order valence-electron chi connectivity index (χ0n) is 18.0. The second kappa shape index (κ2) is 11.2. The Morgan fingerprint density at radius 3 is 2.16 bits per heavy atom. The molecule has 1 saturated carbocycles. The van der Waals surface area contributed by atoms with Crippen LogP contribution in [0, 0.1) is 6.92 Å². The molecule has 1 N–H and O–H groups in total. The molecule has 0 bridgehead atoms. The van der Waals surface area contributed by atoms with E-state index >= 15 is 0 Å². The van der Waals surface area contributed by atoms with Gasteiger partial charge in [0.25, 0.3) is 0 Å². The maximum absolute atomic E-state index is 13.4. The highest BCUT2D eigenvalue weighted by Gasteiger charge is 2.27. The first kappa shape index (κ1) is 24.0. The summed E-state index contributed by atoms with van der Waals surface area (Å²) in [6.07, 6.45) is 7.79. The van der Waals surface area contributed by atoms with Crippen molar-refractivity contribution in [1.82, 2.24) is 9.62 Å². The fraction of sp³-hybridized carbons (Fsp3) is 0.458. The molecule has 2 aromatic carbocycles. The molecule has 7 heteroatoms. The number of hydrogen-bond donors (Lipinski definition) is 1. The van der Waals surface area contributed by atoms with Crippen LogP contribution in [0.4, 0.5) is 0 Å². The molecule has 0 aliphatic heterocycles. The minimum absolute atomic E-state index is 0.129. The molecule has 0 unspecified atom stereocenters. The van der Waals surface area contributed by atoms with Gasteiger partial charge in [-0.1, -0.05) is 77.9 Å². The Morgan fingerprint density at radius 1 is 0.968 bits per heavy atom. The zero-order valence-corrected chi connectivity index (χ0v) is 20.4. The molecule has 5 nitrogen and oxygen atoms in total. The lowest BCUT2D eigenvalue weighted by Crippen LogP contribution is -2.44. The molecule has 0 heterocycles. The molecule has 0 saturated heterocycles. The van der Waals surface area contributed by atoms with Gasteiger partial charge in [-0.25, -0.2) is 8.42 Å². The third-order valence-corrected chi connectivity index (χ3v) is 8.06. The number of nitrogens with zero attached hydrogens (tertiary/aromatic N) is 1. The van der Waals surface area contributed by atoms with Crippen molar-refractivity contribution in [1.29, 1.82) is 0 Å². The predicted molar refractivity (Wildman–Crippen MR) is 127 cm³/mol. The number of aryl methyl sites for hydroxylation is 1. The van der Waals surface area contributed by atoms with Gasteiger partial charge in [0.2, 0.25) is 15.9 Å². The fourth-order valence-electron chi connectivity index (χ4n) is 3.91. The van der Waals surface area contributed by atoms with E-state index in [1.54, 1.807) is 24.3 Å². The van der Waals surface area contributed by atoms with Crippen LogP contribution in [-0.4, -0.2) is 31.2 Å². The first-order chi connectivity index (χ1) is 14.8. The lowest BCUT2D eigenvalue weighted by molar-refractivity contribution is -0.122. The van der Waals surface area contributed by atoms with Crippen molar-refractivity contribution in [3.05, 3.63) is 64.1 Å². The minimum atomic E-state index is -3.81. The number of sulfonamides is 1. The molecule has 31 heavy (non-hydrogen) atoms. The Kier molecular flexibility index (Phi) is 8.69. The molecular weight excluding hydrogens is 476 g/mol. The van der Waals surface area contributed by atoms with E-state index in [2.05, 4.69) is 21.2 Å². The first-order valence-corrected chi connectivity index (χ1v) is 13.2. The Hall–Kier alpha value is -1.70. The van der Waals surface area contributed by atoms with Crippen LogP contribution < -0.4 is 5.32 Å². The number of hydrogen-bond acceptors (Lipinski definition) is 3. The fourth-order valence-corrected chi connectivity index (χ4v) is 5.56. The molecule has 3 rings (SSSR count). The van der Waals surface area contributed by atoms with E-state index in [0.717, 1.165) is 41.3 Å². The van der Waals surface area contributed by atoms with Gasteiger partial charge in [0.05, 0.1) is 11.4 Å². The topological polar surface area (TPSA) is 66.5 Å². The van der Waals surface area contributed by atoms with Crippen molar-refractivity contribution in [2.24, 2.45) is 0 Å². The number of amides is 1. The monoisotopic (exact) mass is 506 g/mol.